The zero-order chi connectivity index (χ0) is 25.4. The maximum atomic E-state index is 15.2. The number of halogens is 3. The van der Waals surface area contributed by atoms with Gasteiger partial charge in [-0.3, -0.25) is 0 Å². The van der Waals surface area contributed by atoms with Gasteiger partial charge in [-0.25, -0.2) is 22.2 Å². The first-order valence-electron chi connectivity index (χ1n) is 10.6. The van der Waals surface area contributed by atoms with Crippen molar-refractivity contribution in [1.82, 2.24) is 10.1 Å². The van der Waals surface area contributed by atoms with Gasteiger partial charge in [0.2, 0.25) is 0 Å². The van der Waals surface area contributed by atoms with Crippen LogP contribution in [0.4, 0.5) is 8.78 Å². The molecular weight excluding hydrogens is 510 g/mol. The lowest BCUT2D eigenvalue weighted by molar-refractivity contribution is 0.413. The van der Waals surface area contributed by atoms with E-state index in [0.717, 1.165) is 0 Å². The van der Waals surface area contributed by atoms with E-state index >= 15 is 4.39 Å². The Balaban J connectivity index is 1.64. The van der Waals surface area contributed by atoms with Gasteiger partial charge in [-0.2, -0.15) is 0 Å². The van der Waals surface area contributed by atoms with Crippen LogP contribution in [0.5, 0.6) is 5.75 Å². The van der Waals surface area contributed by atoms with Crippen molar-refractivity contribution in [1.29, 1.82) is 0 Å². The van der Waals surface area contributed by atoms with E-state index in [9.17, 15) is 12.8 Å². The summed E-state index contributed by atoms with van der Waals surface area (Å²) in [5.74, 6) is -1.15. The number of hydrogen-bond acceptors (Lipinski definition) is 6. The smallest absolute Gasteiger partial charge is 0.184 e. The topological polar surface area (TPSA) is 82.3 Å². The third-order valence-electron chi connectivity index (χ3n) is 5.64. The number of fused-ring (bicyclic) bond motifs is 1. The van der Waals surface area contributed by atoms with Crippen molar-refractivity contribution < 1.29 is 26.5 Å². The molecule has 0 spiro atoms. The fraction of sp³-hybridized carbons (Fsp3) is 0.0769. The van der Waals surface area contributed by atoms with Crippen molar-refractivity contribution in [3.63, 3.8) is 0 Å². The number of rotatable bonds is 6. The normalized spacial score (nSPS) is 11.7. The Morgan fingerprint density at radius 1 is 1.00 bits per heavy atom. The third kappa shape index (κ3) is 4.55. The van der Waals surface area contributed by atoms with Gasteiger partial charge in [0, 0.05) is 22.6 Å². The summed E-state index contributed by atoms with van der Waals surface area (Å²) in [6.45, 7) is 0. The highest BCUT2D eigenvalue weighted by molar-refractivity contribution is 7.90. The van der Waals surface area contributed by atoms with E-state index in [-0.39, 0.29) is 32.8 Å². The standard InChI is InChI=1S/C26H17ClF2N2O4S/c1-34-24-13-21(15-3-2-4-17(28)9-15)23(29)12-22(24)26-20-6-5-19(10-16(20)11-25(27)30-26)36(32,33)14-18-7-8-35-31-18/h2-13H,14H2,1H3. The van der Waals surface area contributed by atoms with Crippen molar-refractivity contribution in [3.8, 4) is 28.1 Å². The fourth-order valence-corrected chi connectivity index (χ4v) is 5.47. The van der Waals surface area contributed by atoms with Crippen LogP contribution >= 0.6 is 11.6 Å². The lowest BCUT2D eigenvalue weighted by Crippen LogP contribution is -2.05. The summed E-state index contributed by atoms with van der Waals surface area (Å²) in [5, 5.41) is 4.77. The summed E-state index contributed by atoms with van der Waals surface area (Å²) in [4.78, 5) is 4.44. The van der Waals surface area contributed by atoms with Crippen LogP contribution in [0.25, 0.3) is 33.2 Å². The predicted octanol–water partition coefficient (Wildman–Crippen LogP) is 6.47. The van der Waals surface area contributed by atoms with E-state index in [0.29, 0.717) is 27.6 Å². The van der Waals surface area contributed by atoms with Crippen LogP contribution in [0.2, 0.25) is 5.15 Å². The summed E-state index contributed by atoms with van der Waals surface area (Å²) in [6, 6.07) is 15.8. The van der Waals surface area contributed by atoms with Crippen LogP contribution in [0.1, 0.15) is 5.69 Å². The van der Waals surface area contributed by atoms with Gasteiger partial charge in [0.25, 0.3) is 0 Å². The number of benzene rings is 3. The van der Waals surface area contributed by atoms with Crippen molar-refractivity contribution in [2.45, 2.75) is 10.6 Å². The largest absolute Gasteiger partial charge is 0.496 e. The maximum absolute atomic E-state index is 15.2. The molecule has 0 amide bonds. The summed E-state index contributed by atoms with van der Waals surface area (Å²) < 4.78 is 65.0. The zero-order valence-corrected chi connectivity index (χ0v) is 20.3. The van der Waals surface area contributed by atoms with Gasteiger partial charge in [0.15, 0.2) is 9.84 Å². The molecule has 6 nitrogen and oxygen atoms in total. The zero-order valence-electron chi connectivity index (χ0n) is 18.7. The Hall–Kier alpha value is -3.82. The van der Waals surface area contributed by atoms with Crippen LogP contribution in [-0.4, -0.2) is 25.7 Å². The average molecular weight is 527 g/mol. The lowest BCUT2D eigenvalue weighted by atomic mass is 9.98. The van der Waals surface area contributed by atoms with Crippen molar-refractivity contribution in [3.05, 3.63) is 95.5 Å². The minimum atomic E-state index is -3.73. The highest BCUT2D eigenvalue weighted by Gasteiger charge is 2.21. The lowest BCUT2D eigenvalue weighted by Gasteiger charge is -2.15. The summed E-state index contributed by atoms with van der Waals surface area (Å²) in [5.41, 5.74) is 1.40. The summed E-state index contributed by atoms with van der Waals surface area (Å²) in [6.07, 6.45) is 1.30. The summed E-state index contributed by atoms with van der Waals surface area (Å²) in [7, 11) is -2.30. The van der Waals surface area contributed by atoms with Gasteiger partial charge in [0.1, 0.15) is 34.6 Å². The first-order chi connectivity index (χ1) is 17.2. The predicted molar refractivity (Wildman–Crippen MR) is 131 cm³/mol. The molecule has 10 heteroatoms. The van der Waals surface area contributed by atoms with Crippen LogP contribution in [0.15, 0.2) is 82.4 Å². The van der Waals surface area contributed by atoms with Gasteiger partial charge >= 0.3 is 0 Å². The molecule has 0 saturated carbocycles. The molecule has 0 aliphatic heterocycles. The molecule has 0 aliphatic rings. The first kappa shape index (κ1) is 23.9. The molecular formula is C26H17ClF2N2O4S. The minimum absolute atomic E-state index is 0.0609. The van der Waals surface area contributed by atoms with E-state index in [1.54, 1.807) is 12.1 Å². The SMILES string of the molecule is COc1cc(-c2cccc(F)c2)c(F)cc1-c1nc(Cl)cc2cc(S(=O)(=O)Cc3ccon3)ccc12. The Morgan fingerprint density at radius 2 is 1.83 bits per heavy atom. The van der Waals surface area contributed by atoms with Crippen LogP contribution in [-0.2, 0) is 15.6 Å². The molecule has 2 heterocycles. The molecule has 0 radical (unpaired) electrons. The number of hydrogen-bond donors (Lipinski definition) is 0. The molecule has 0 unspecified atom stereocenters. The average Bonchev–Trinajstić information content (AvgIpc) is 3.35. The molecule has 0 aliphatic carbocycles. The number of methoxy groups -OCH3 is 1. The molecule has 0 fully saturated rings. The molecule has 36 heavy (non-hydrogen) atoms. The molecule has 3 aromatic carbocycles. The van der Waals surface area contributed by atoms with Crippen LogP contribution in [0.3, 0.4) is 0 Å². The second kappa shape index (κ2) is 9.33. The summed E-state index contributed by atoms with van der Waals surface area (Å²) >= 11 is 6.28. The third-order valence-corrected chi connectivity index (χ3v) is 7.48. The van der Waals surface area contributed by atoms with Gasteiger partial charge in [-0.05, 0) is 53.4 Å². The Kier molecular flexibility index (Phi) is 6.19. The molecule has 5 aromatic rings. The molecule has 0 atom stereocenters. The quantitative estimate of drug-likeness (QED) is 0.236. The van der Waals surface area contributed by atoms with Crippen molar-refractivity contribution in [2.24, 2.45) is 0 Å². The molecule has 5 rings (SSSR count). The number of ether oxygens (including phenoxy) is 1. The van der Waals surface area contributed by atoms with E-state index in [1.807, 2.05) is 0 Å². The van der Waals surface area contributed by atoms with Crippen molar-refractivity contribution in [2.75, 3.05) is 7.11 Å². The minimum Gasteiger partial charge on any atom is -0.496 e. The molecule has 0 bridgehead atoms. The van der Waals surface area contributed by atoms with E-state index < -0.39 is 21.5 Å². The van der Waals surface area contributed by atoms with Crippen molar-refractivity contribution >= 4 is 32.2 Å². The van der Waals surface area contributed by atoms with E-state index in [1.165, 1.54) is 68.0 Å². The number of aromatic nitrogens is 2. The maximum Gasteiger partial charge on any atom is 0.184 e. The molecule has 0 N–H and O–H groups in total. The van der Waals surface area contributed by atoms with Crippen LogP contribution in [0, 0.1) is 11.6 Å². The highest BCUT2D eigenvalue weighted by atomic mass is 35.5. The Labute approximate surface area is 210 Å². The van der Waals surface area contributed by atoms with Gasteiger partial charge in [-0.1, -0.05) is 35.0 Å². The van der Waals surface area contributed by atoms with Crippen LogP contribution < -0.4 is 4.74 Å². The fourth-order valence-electron chi connectivity index (χ4n) is 3.98. The van der Waals surface area contributed by atoms with E-state index in [2.05, 4.69) is 10.1 Å². The first-order valence-corrected chi connectivity index (χ1v) is 12.6. The number of pyridine rings is 1. The highest BCUT2D eigenvalue weighted by Crippen LogP contribution is 2.39. The van der Waals surface area contributed by atoms with Gasteiger partial charge < -0.3 is 9.26 Å². The number of nitrogens with zero attached hydrogens (tertiary/aromatic N) is 2. The number of sulfone groups is 1. The Bertz CT molecular complexity index is 1710. The van der Waals surface area contributed by atoms with E-state index in [4.69, 9.17) is 20.9 Å². The second-order valence-corrected chi connectivity index (χ2v) is 10.3. The van der Waals surface area contributed by atoms with Gasteiger partial charge in [-0.15, -0.1) is 0 Å². The monoisotopic (exact) mass is 526 g/mol. The van der Waals surface area contributed by atoms with Gasteiger partial charge in [0.05, 0.1) is 23.4 Å². The molecule has 182 valence electrons. The second-order valence-electron chi connectivity index (χ2n) is 7.97. The Morgan fingerprint density at radius 3 is 2.56 bits per heavy atom. The molecule has 0 saturated heterocycles. The molecule has 2 aromatic heterocycles.